The van der Waals surface area contributed by atoms with Gasteiger partial charge >= 0.3 is 0 Å². The smallest absolute Gasteiger partial charge is 0.182 e. The van der Waals surface area contributed by atoms with Gasteiger partial charge in [-0.25, -0.2) is 4.39 Å². The van der Waals surface area contributed by atoms with Gasteiger partial charge in [0, 0.05) is 11.8 Å². The summed E-state index contributed by atoms with van der Waals surface area (Å²) in [5, 5.41) is 0. The third-order valence-corrected chi connectivity index (χ3v) is 4.44. The standard InChI is InChI=1S/C15H12FIN2S/c1-2-9-3-5-10(6-4-9)19-14-7-11(16)12(17)8-13(14)18-15(19)20/h3-8H,2H2,1H3,(H,18,20). The average Bonchev–Trinajstić information content (AvgIpc) is 2.75. The molecule has 3 rings (SSSR count). The van der Waals surface area contributed by atoms with E-state index in [-0.39, 0.29) is 5.82 Å². The number of halogens is 2. The van der Waals surface area contributed by atoms with Crippen molar-refractivity contribution in [3.05, 3.63) is 56.1 Å². The van der Waals surface area contributed by atoms with Crippen LogP contribution in [0, 0.1) is 14.2 Å². The molecule has 0 aliphatic rings. The van der Waals surface area contributed by atoms with Crippen molar-refractivity contribution in [3.63, 3.8) is 0 Å². The van der Waals surface area contributed by atoms with Crippen LogP contribution in [0.2, 0.25) is 0 Å². The Morgan fingerprint density at radius 1 is 1.25 bits per heavy atom. The van der Waals surface area contributed by atoms with E-state index >= 15 is 0 Å². The molecule has 5 heteroatoms. The van der Waals surface area contributed by atoms with E-state index in [1.54, 1.807) is 6.07 Å². The van der Waals surface area contributed by atoms with Gasteiger partial charge in [-0.1, -0.05) is 19.1 Å². The third-order valence-electron chi connectivity index (χ3n) is 3.33. The molecule has 0 unspecified atom stereocenters. The molecule has 0 aliphatic heterocycles. The molecule has 1 N–H and O–H groups in total. The topological polar surface area (TPSA) is 20.7 Å². The maximum absolute atomic E-state index is 13.8. The van der Waals surface area contributed by atoms with Gasteiger partial charge in [0.15, 0.2) is 4.77 Å². The van der Waals surface area contributed by atoms with Crippen LogP contribution in [0.4, 0.5) is 4.39 Å². The van der Waals surface area contributed by atoms with Crippen LogP contribution < -0.4 is 0 Å². The molecular formula is C15H12FIN2S. The fourth-order valence-corrected chi connectivity index (χ4v) is 3.02. The first kappa shape index (κ1) is 13.8. The molecule has 1 aromatic heterocycles. The van der Waals surface area contributed by atoms with Crippen molar-refractivity contribution in [2.75, 3.05) is 0 Å². The lowest BCUT2D eigenvalue weighted by Crippen LogP contribution is -1.95. The van der Waals surface area contributed by atoms with Crippen molar-refractivity contribution in [2.45, 2.75) is 13.3 Å². The summed E-state index contributed by atoms with van der Waals surface area (Å²) in [7, 11) is 0. The summed E-state index contributed by atoms with van der Waals surface area (Å²) in [5.41, 5.74) is 3.82. The van der Waals surface area contributed by atoms with Crippen molar-refractivity contribution in [2.24, 2.45) is 0 Å². The Hall–Kier alpha value is -1.21. The molecule has 0 radical (unpaired) electrons. The average molecular weight is 398 g/mol. The minimum Gasteiger partial charge on any atom is -0.330 e. The van der Waals surface area contributed by atoms with E-state index in [1.165, 1.54) is 11.6 Å². The van der Waals surface area contributed by atoms with Crippen LogP contribution in [0.1, 0.15) is 12.5 Å². The molecular weight excluding hydrogens is 386 g/mol. The van der Waals surface area contributed by atoms with Crippen LogP contribution in [-0.2, 0) is 6.42 Å². The summed E-state index contributed by atoms with van der Waals surface area (Å²) in [4.78, 5) is 3.13. The highest BCUT2D eigenvalue weighted by atomic mass is 127. The molecule has 102 valence electrons. The molecule has 20 heavy (non-hydrogen) atoms. The molecule has 0 atom stereocenters. The first-order valence-corrected chi connectivity index (χ1v) is 7.78. The monoisotopic (exact) mass is 398 g/mol. The van der Waals surface area contributed by atoms with E-state index in [0.29, 0.717) is 8.34 Å². The zero-order chi connectivity index (χ0) is 14.3. The first-order chi connectivity index (χ1) is 9.60. The van der Waals surface area contributed by atoms with Gasteiger partial charge in [-0.05, 0) is 65.0 Å². The van der Waals surface area contributed by atoms with E-state index in [0.717, 1.165) is 23.1 Å². The molecule has 2 nitrogen and oxygen atoms in total. The summed E-state index contributed by atoms with van der Waals surface area (Å²) in [6, 6.07) is 11.5. The molecule has 0 saturated carbocycles. The van der Waals surface area contributed by atoms with Crippen LogP contribution in [0.5, 0.6) is 0 Å². The Bertz CT molecular complexity index is 833. The minimum atomic E-state index is -0.231. The lowest BCUT2D eigenvalue weighted by atomic mass is 10.1. The zero-order valence-electron chi connectivity index (χ0n) is 10.8. The quantitative estimate of drug-likeness (QED) is 0.476. The number of fused-ring (bicyclic) bond motifs is 1. The number of nitrogens with one attached hydrogen (secondary N) is 1. The maximum atomic E-state index is 13.8. The van der Waals surface area contributed by atoms with Gasteiger partial charge < -0.3 is 4.98 Å². The van der Waals surface area contributed by atoms with Gasteiger partial charge in [0.25, 0.3) is 0 Å². The number of hydrogen-bond donors (Lipinski definition) is 1. The minimum absolute atomic E-state index is 0.231. The van der Waals surface area contributed by atoms with Gasteiger partial charge in [0.2, 0.25) is 0 Å². The highest BCUT2D eigenvalue weighted by Gasteiger charge is 2.10. The van der Waals surface area contributed by atoms with Crippen molar-refractivity contribution in [3.8, 4) is 5.69 Å². The van der Waals surface area contributed by atoms with E-state index in [2.05, 4.69) is 24.0 Å². The normalized spacial score (nSPS) is 11.2. The molecule has 0 spiro atoms. The van der Waals surface area contributed by atoms with E-state index in [9.17, 15) is 4.39 Å². The highest BCUT2D eigenvalue weighted by Crippen LogP contribution is 2.24. The summed E-state index contributed by atoms with van der Waals surface area (Å²) >= 11 is 7.34. The van der Waals surface area contributed by atoms with Gasteiger partial charge in [0.05, 0.1) is 14.6 Å². The Labute approximate surface area is 134 Å². The summed E-state index contributed by atoms with van der Waals surface area (Å²) < 4.78 is 16.8. The molecule has 0 aliphatic carbocycles. The van der Waals surface area contributed by atoms with Gasteiger partial charge in [-0.2, -0.15) is 0 Å². The Kier molecular flexibility index (Phi) is 3.64. The number of aromatic amines is 1. The molecule has 0 fully saturated rings. The largest absolute Gasteiger partial charge is 0.330 e. The number of benzene rings is 2. The van der Waals surface area contributed by atoms with Crippen molar-refractivity contribution < 1.29 is 4.39 Å². The summed E-state index contributed by atoms with van der Waals surface area (Å²) in [5.74, 6) is -0.231. The summed E-state index contributed by atoms with van der Waals surface area (Å²) in [6.07, 6.45) is 0.992. The Morgan fingerprint density at radius 2 is 1.95 bits per heavy atom. The van der Waals surface area contributed by atoms with E-state index in [1.807, 2.05) is 39.3 Å². The van der Waals surface area contributed by atoms with Crippen molar-refractivity contribution >= 4 is 45.8 Å². The number of hydrogen-bond acceptors (Lipinski definition) is 1. The molecule has 1 heterocycles. The second-order valence-corrected chi connectivity index (χ2v) is 6.12. The van der Waals surface area contributed by atoms with Crippen LogP contribution in [0.25, 0.3) is 16.7 Å². The number of rotatable bonds is 2. The van der Waals surface area contributed by atoms with Crippen LogP contribution in [0.3, 0.4) is 0 Å². The first-order valence-electron chi connectivity index (χ1n) is 6.29. The fraction of sp³-hybridized carbons (Fsp3) is 0.133. The predicted molar refractivity (Wildman–Crippen MR) is 90.5 cm³/mol. The van der Waals surface area contributed by atoms with Crippen LogP contribution in [0.15, 0.2) is 36.4 Å². The third kappa shape index (κ3) is 2.29. The highest BCUT2D eigenvalue weighted by molar-refractivity contribution is 14.1. The number of aryl methyl sites for hydroxylation is 1. The predicted octanol–water partition coefficient (Wildman–Crippen LogP) is 4.99. The molecule has 0 bridgehead atoms. The fourth-order valence-electron chi connectivity index (χ4n) is 2.24. The SMILES string of the molecule is CCc1ccc(-n2c(=S)[nH]c3cc(I)c(F)cc32)cc1. The summed E-state index contributed by atoms with van der Waals surface area (Å²) in [6.45, 7) is 2.11. The number of H-pyrrole nitrogens is 1. The lowest BCUT2D eigenvalue weighted by Gasteiger charge is -2.06. The molecule has 2 aromatic carbocycles. The Balaban J connectivity index is 2.26. The number of imidazole rings is 1. The van der Waals surface area contributed by atoms with E-state index in [4.69, 9.17) is 12.2 Å². The molecule has 3 aromatic rings. The molecule has 0 amide bonds. The lowest BCUT2D eigenvalue weighted by molar-refractivity contribution is 0.622. The maximum Gasteiger partial charge on any atom is 0.182 e. The van der Waals surface area contributed by atoms with Crippen LogP contribution >= 0.6 is 34.8 Å². The van der Waals surface area contributed by atoms with Gasteiger partial charge in [0.1, 0.15) is 5.82 Å². The van der Waals surface area contributed by atoms with Crippen LogP contribution in [-0.4, -0.2) is 9.55 Å². The zero-order valence-corrected chi connectivity index (χ0v) is 13.8. The number of nitrogens with zero attached hydrogens (tertiary/aromatic N) is 1. The Morgan fingerprint density at radius 3 is 2.60 bits per heavy atom. The van der Waals surface area contributed by atoms with Gasteiger partial charge in [-0.15, -0.1) is 0 Å². The van der Waals surface area contributed by atoms with Crippen molar-refractivity contribution in [1.82, 2.24) is 9.55 Å². The molecule has 0 saturated heterocycles. The van der Waals surface area contributed by atoms with Gasteiger partial charge in [-0.3, -0.25) is 4.57 Å². The number of aromatic nitrogens is 2. The van der Waals surface area contributed by atoms with Crippen molar-refractivity contribution in [1.29, 1.82) is 0 Å². The second kappa shape index (κ2) is 5.29. The van der Waals surface area contributed by atoms with E-state index < -0.39 is 0 Å². The second-order valence-electron chi connectivity index (χ2n) is 4.57.